The molecule has 0 unspecified atom stereocenters. The highest BCUT2D eigenvalue weighted by Crippen LogP contribution is 2.21. The lowest BCUT2D eigenvalue weighted by Gasteiger charge is -2.15. The first-order valence-electron chi connectivity index (χ1n) is 7.16. The largest absolute Gasteiger partial charge is 0.306 e. The van der Waals surface area contributed by atoms with Crippen LogP contribution in [0.2, 0.25) is 5.02 Å². The SMILES string of the molecule is C[C@@H](NCc1ccc(Cl)c(-n2cncn2)c1)c1ccccc1. The Morgan fingerprint density at radius 3 is 2.73 bits per heavy atom. The molecule has 0 amide bonds. The van der Waals surface area contributed by atoms with Crippen molar-refractivity contribution in [1.29, 1.82) is 0 Å². The van der Waals surface area contributed by atoms with Crippen molar-refractivity contribution in [2.24, 2.45) is 0 Å². The van der Waals surface area contributed by atoms with E-state index in [0.717, 1.165) is 17.8 Å². The van der Waals surface area contributed by atoms with Crippen molar-refractivity contribution >= 4 is 11.6 Å². The molecule has 1 N–H and O–H groups in total. The summed E-state index contributed by atoms with van der Waals surface area (Å²) >= 11 is 6.24. The fourth-order valence-corrected chi connectivity index (χ4v) is 2.51. The maximum Gasteiger partial charge on any atom is 0.138 e. The van der Waals surface area contributed by atoms with E-state index in [1.165, 1.54) is 11.9 Å². The fourth-order valence-electron chi connectivity index (χ4n) is 2.31. The van der Waals surface area contributed by atoms with Crippen LogP contribution in [0.25, 0.3) is 5.69 Å². The Hall–Kier alpha value is -2.17. The first-order chi connectivity index (χ1) is 10.7. The third-order valence-electron chi connectivity index (χ3n) is 3.59. The maximum atomic E-state index is 6.24. The second-order valence-corrected chi connectivity index (χ2v) is 5.55. The first-order valence-corrected chi connectivity index (χ1v) is 7.53. The summed E-state index contributed by atoms with van der Waals surface area (Å²) < 4.78 is 1.67. The van der Waals surface area contributed by atoms with Gasteiger partial charge < -0.3 is 5.32 Å². The number of rotatable bonds is 5. The van der Waals surface area contributed by atoms with Crippen LogP contribution in [0.5, 0.6) is 0 Å². The van der Waals surface area contributed by atoms with Crippen molar-refractivity contribution < 1.29 is 0 Å². The van der Waals surface area contributed by atoms with E-state index in [1.807, 2.05) is 24.3 Å². The standard InChI is InChI=1S/C17H17ClN4/c1-13(15-5-3-2-4-6-15)20-10-14-7-8-16(18)17(9-14)22-12-19-11-21-22/h2-9,11-13,20H,10H2,1H3/t13-/m1/s1. The molecule has 0 spiro atoms. The number of halogens is 1. The number of aromatic nitrogens is 3. The van der Waals surface area contributed by atoms with Crippen LogP contribution in [0.15, 0.2) is 61.2 Å². The molecule has 22 heavy (non-hydrogen) atoms. The van der Waals surface area contributed by atoms with Crippen LogP contribution < -0.4 is 5.32 Å². The summed E-state index contributed by atoms with van der Waals surface area (Å²) in [5, 5.41) is 8.31. The Labute approximate surface area is 134 Å². The van der Waals surface area contributed by atoms with Crippen LogP contribution in [0.1, 0.15) is 24.1 Å². The van der Waals surface area contributed by atoms with Gasteiger partial charge in [-0.15, -0.1) is 0 Å². The highest BCUT2D eigenvalue weighted by molar-refractivity contribution is 6.32. The van der Waals surface area contributed by atoms with E-state index in [-0.39, 0.29) is 6.04 Å². The van der Waals surface area contributed by atoms with Crippen molar-refractivity contribution in [3.8, 4) is 5.69 Å². The van der Waals surface area contributed by atoms with Crippen LogP contribution in [-0.4, -0.2) is 14.8 Å². The summed E-state index contributed by atoms with van der Waals surface area (Å²) in [6.07, 6.45) is 3.14. The molecule has 0 saturated carbocycles. The fraction of sp³-hybridized carbons (Fsp3) is 0.176. The van der Waals surface area contributed by atoms with Gasteiger partial charge in [-0.2, -0.15) is 5.10 Å². The lowest BCUT2D eigenvalue weighted by atomic mass is 10.1. The van der Waals surface area contributed by atoms with Gasteiger partial charge in [0.1, 0.15) is 12.7 Å². The molecule has 4 nitrogen and oxygen atoms in total. The maximum absolute atomic E-state index is 6.24. The van der Waals surface area contributed by atoms with Gasteiger partial charge in [0.25, 0.3) is 0 Å². The molecule has 1 atom stereocenters. The van der Waals surface area contributed by atoms with E-state index in [2.05, 4.69) is 46.6 Å². The molecule has 0 radical (unpaired) electrons. The summed E-state index contributed by atoms with van der Waals surface area (Å²) in [4.78, 5) is 3.96. The lowest BCUT2D eigenvalue weighted by molar-refractivity contribution is 0.574. The van der Waals surface area contributed by atoms with Gasteiger partial charge in [0.2, 0.25) is 0 Å². The monoisotopic (exact) mass is 312 g/mol. The zero-order valence-corrected chi connectivity index (χ0v) is 13.0. The Morgan fingerprint density at radius 2 is 2.00 bits per heavy atom. The lowest BCUT2D eigenvalue weighted by Crippen LogP contribution is -2.18. The van der Waals surface area contributed by atoms with E-state index in [0.29, 0.717) is 5.02 Å². The second-order valence-electron chi connectivity index (χ2n) is 5.14. The van der Waals surface area contributed by atoms with Crippen LogP contribution in [0, 0.1) is 0 Å². The third kappa shape index (κ3) is 3.35. The van der Waals surface area contributed by atoms with E-state index >= 15 is 0 Å². The number of nitrogens with zero attached hydrogens (tertiary/aromatic N) is 3. The molecule has 1 aromatic heterocycles. The molecule has 0 saturated heterocycles. The molecule has 3 rings (SSSR count). The van der Waals surface area contributed by atoms with Gasteiger partial charge >= 0.3 is 0 Å². The average Bonchev–Trinajstić information content (AvgIpc) is 3.09. The van der Waals surface area contributed by atoms with E-state index < -0.39 is 0 Å². The molecule has 2 aromatic carbocycles. The van der Waals surface area contributed by atoms with Crippen LogP contribution in [-0.2, 0) is 6.54 Å². The molecular weight excluding hydrogens is 296 g/mol. The number of hydrogen-bond acceptors (Lipinski definition) is 3. The molecule has 0 aliphatic rings. The van der Waals surface area contributed by atoms with Crippen molar-refractivity contribution in [1.82, 2.24) is 20.1 Å². The van der Waals surface area contributed by atoms with E-state index in [4.69, 9.17) is 11.6 Å². The van der Waals surface area contributed by atoms with E-state index in [1.54, 1.807) is 11.0 Å². The van der Waals surface area contributed by atoms with Gasteiger partial charge in [-0.3, -0.25) is 0 Å². The topological polar surface area (TPSA) is 42.7 Å². The molecule has 5 heteroatoms. The Kier molecular flexibility index (Phi) is 4.51. The van der Waals surface area contributed by atoms with Crippen LogP contribution in [0.3, 0.4) is 0 Å². The summed E-state index contributed by atoms with van der Waals surface area (Å²) in [7, 11) is 0. The van der Waals surface area contributed by atoms with Crippen molar-refractivity contribution in [2.75, 3.05) is 0 Å². The molecule has 112 valence electrons. The predicted octanol–water partition coefficient (Wildman–Crippen LogP) is 3.77. The summed E-state index contributed by atoms with van der Waals surface area (Å²) in [6, 6.07) is 16.6. The van der Waals surface area contributed by atoms with Gasteiger partial charge in [0, 0.05) is 12.6 Å². The van der Waals surface area contributed by atoms with Crippen molar-refractivity contribution in [3.05, 3.63) is 77.3 Å². The molecular formula is C17H17ClN4. The van der Waals surface area contributed by atoms with Crippen LogP contribution >= 0.6 is 11.6 Å². The minimum Gasteiger partial charge on any atom is -0.306 e. The predicted molar refractivity (Wildman–Crippen MR) is 88.1 cm³/mol. The average molecular weight is 313 g/mol. The Morgan fingerprint density at radius 1 is 1.18 bits per heavy atom. The summed E-state index contributed by atoms with van der Waals surface area (Å²) in [5.74, 6) is 0. The van der Waals surface area contributed by atoms with Gasteiger partial charge in [0.15, 0.2) is 0 Å². The second kappa shape index (κ2) is 6.73. The number of benzene rings is 2. The van der Waals surface area contributed by atoms with Gasteiger partial charge in [-0.25, -0.2) is 9.67 Å². The number of nitrogens with one attached hydrogen (secondary N) is 1. The highest BCUT2D eigenvalue weighted by Gasteiger charge is 2.07. The van der Waals surface area contributed by atoms with Gasteiger partial charge in [-0.05, 0) is 30.2 Å². The smallest absolute Gasteiger partial charge is 0.138 e. The molecule has 0 aliphatic carbocycles. The highest BCUT2D eigenvalue weighted by atomic mass is 35.5. The van der Waals surface area contributed by atoms with Crippen LogP contribution in [0.4, 0.5) is 0 Å². The molecule has 0 aliphatic heterocycles. The van der Waals surface area contributed by atoms with Gasteiger partial charge in [-0.1, -0.05) is 48.0 Å². The third-order valence-corrected chi connectivity index (χ3v) is 3.91. The molecule has 0 fully saturated rings. The molecule has 3 aromatic rings. The molecule has 1 heterocycles. The normalized spacial score (nSPS) is 12.3. The summed E-state index contributed by atoms with van der Waals surface area (Å²) in [6.45, 7) is 2.92. The van der Waals surface area contributed by atoms with Gasteiger partial charge in [0.05, 0.1) is 10.7 Å². The van der Waals surface area contributed by atoms with E-state index in [9.17, 15) is 0 Å². The molecule has 0 bridgehead atoms. The minimum atomic E-state index is 0.284. The zero-order chi connectivity index (χ0) is 15.4. The number of hydrogen-bond donors (Lipinski definition) is 1. The Bertz CT molecular complexity index is 726. The zero-order valence-electron chi connectivity index (χ0n) is 12.3. The Balaban J connectivity index is 1.72. The minimum absolute atomic E-state index is 0.284. The van der Waals surface area contributed by atoms with Crippen molar-refractivity contribution in [3.63, 3.8) is 0 Å². The summed E-state index contributed by atoms with van der Waals surface area (Å²) in [5.41, 5.74) is 3.26. The first kappa shape index (κ1) is 14.8. The van der Waals surface area contributed by atoms with Crippen molar-refractivity contribution in [2.45, 2.75) is 19.5 Å². The quantitative estimate of drug-likeness (QED) is 0.780.